The van der Waals surface area contributed by atoms with E-state index in [0.29, 0.717) is 30.0 Å². The van der Waals surface area contributed by atoms with Gasteiger partial charge in [-0.1, -0.05) is 12.1 Å². The van der Waals surface area contributed by atoms with Gasteiger partial charge < -0.3 is 10.5 Å². The molecule has 0 aromatic heterocycles. The first-order valence-electron chi connectivity index (χ1n) is 6.74. The van der Waals surface area contributed by atoms with E-state index in [1.54, 1.807) is 19.1 Å². The molecule has 1 aliphatic rings. The minimum atomic E-state index is -3.58. The van der Waals surface area contributed by atoms with Gasteiger partial charge in [0.15, 0.2) is 0 Å². The quantitative estimate of drug-likeness (QED) is 0.878. The molecule has 1 saturated heterocycles. The van der Waals surface area contributed by atoms with E-state index in [2.05, 4.69) is 4.72 Å². The maximum atomic E-state index is 12.6. The van der Waals surface area contributed by atoms with E-state index in [0.717, 1.165) is 5.56 Å². The van der Waals surface area contributed by atoms with Crippen molar-refractivity contribution in [2.75, 3.05) is 6.61 Å². The van der Waals surface area contributed by atoms with Crippen molar-refractivity contribution >= 4 is 10.0 Å². The van der Waals surface area contributed by atoms with Crippen molar-refractivity contribution < 1.29 is 13.2 Å². The van der Waals surface area contributed by atoms with Gasteiger partial charge in [0.05, 0.1) is 16.5 Å². The van der Waals surface area contributed by atoms with Gasteiger partial charge in [-0.15, -0.1) is 0 Å². The minimum absolute atomic E-state index is 0.143. The summed E-state index contributed by atoms with van der Waals surface area (Å²) in [5.74, 6) is 0. The van der Waals surface area contributed by atoms with Crippen molar-refractivity contribution in [3.05, 3.63) is 29.3 Å². The molecule has 20 heavy (non-hydrogen) atoms. The second kappa shape index (κ2) is 5.44. The van der Waals surface area contributed by atoms with Crippen LogP contribution in [0.2, 0.25) is 0 Å². The van der Waals surface area contributed by atoms with Gasteiger partial charge in [0.2, 0.25) is 10.0 Å². The number of benzene rings is 1. The summed E-state index contributed by atoms with van der Waals surface area (Å²) in [5, 5.41) is 0. The van der Waals surface area contributed by atoms with Gasteiger partial charge in [0, 0.05) is 13.2 Å². The molecule has 112 valence electrons. The molecule has 0 aliphatic carbocycles. The van der Waals surface area contributed by atoms with E-state index < -0.39 is 15.6 Å². The summed E-state index contributed by atoms with van der Waals surface area (Å²) in [6.45, 7) is 6.45. The Kier molecular flexibility index (Phi) is 4.20. The number of nitrogens with one attached hydrogen (secondary N) is 1. The van der Waals surface area contributed by atoms with Gasteiger partial charge in [0.1, 0.15) is 0 Å². The fourth-order valence-corrected chi connectivity index (χ4v) is 4.29. The Labute approximate surface area is 120 Å². The van der Waals surface area contributed by atoms with Crippen molar-refractivity contribution in [3.63, 3.8) is 0 Å². The summed E-state index contributed by atoms with van der Waals surface area (Å²) >= 11 is 0. The minimum Gasteiger partial charge on any atom is -0.376 e. The van der Waals surface area contributed by atoms with Crippen LogP contribution in [0.4, 0.5) is 0 Å². The maximum Gasteiger partial charge on any atom is 0.241 e. The first-order chi connectivity index (χ1) is 9.30. The molecule has 6 heteroatoms. The monoisotopic (exact) mass is 298 g/mol. The summed E-state index contributed by atoms with van der Waals surface area (Å²) in [6.07, 6.45) is 0.526. The molecule has 0 amide bonds. The van der Waals surface area contributed by atoms with Gasteiger partial charge in [-0.05, 0) is 44.4 Å². The van der Waals surface area contributed by atoms with Gasteiger partial charge >= 0.3 is 0 Å². The van der Waals surface area contributed by atoms with Gasteiger partial charge in [-0.25, -0.2) is 13.1 Å². The zero-order valence-corrected chi connectivity index (χ0v) is 13.0. The average Bonchev–Trinajstić information content (AvgIpc) is 2.68. The van der Waals surface area contributed by atoms with Crippen LogP contribution in [-0.2, 0) is 21.3 Å². The third-order valence-corrected chi connectivity index (χ3v) is 5.92. The van der Waals surface area contributed by atoms with E-state index in [9.17, 15) is 8.42 Å². The number of nitrogens with two attached hydrogens (primary N) is 1. The Morgan fingerprint density at radius 1 is 1.50 bits per heavy atom. The lowest BCUT2D eigenvalue weighted by molar-refractivity contribution is 0.0957. The van der Waals surface area contributed by atoms with Crippen LogP contribution in [0, 0.1) is 6.92 Å². The van der Waals surface area contributed by atoms with Crippen LogP contribution in [0.5, 0.6) is 0 Å². The first-order valence-corrected chi connectivity index (χ1v) is 8.22. The topological polar surface area (TPSA) is 81.4 Å². The standard InChI is InChI=1S/C14H22N2O3S/c1-10-12(9-15)5-4-6-13(10)20(17,18)16-14(3)7-8-19-11(14)2/h4-6,11,16H,7-9,15H2,1-3H3. The third kappa shape index (κ3) is 2.74. The van der Waals surface area contributed by atoms with Crippen LogP contribution in [0.3, 0.4) is 0 Å². The van der Waals surface area contributed by atoms with Crippen LogP contribution < -0.4 is 10.5 Å². The number of rotatable bonds is 4. The zero-order chi connectivity index (χ0) is 15.0. The van der Waals surface area contributed by atoms with Crippen LogP contribution in [0.1, 0.15) is 31.4 Å². The summed E-state index contributed by atoms with van der Waals surface area (Å²) in [6, 6.07) is 5.18. The van der Waals surface area contributed by atoms with Crippen molar-refractivity contribution in [1.29, 1.82) is 0 Å². The van der Waals surface area contributed by atoms with Crippen LogP contribution in [-0.4, -0.2) is 26.7 Å². The number of sulfonamides is 1. The molecule has 0 spiro atoms. The highest BCUT2D eigenvalue weighted by molar-refractivity contribution is 7.89. The molecule has 1 fully saturated rings. The molecular formula is C14H22N2O3S. The van der Waals surface area contributed by atoms with Crippen LogP contribution in [0.25, 0.3) is 0 Å². The molecule has 2 rings (SSSR count). The molecule has 1 heterocycles. The lowest BCUT2D eigenvalue weighted by Gasteiger charge is -2.29. The molecule has 1 aromatic rings. The molecule has 2 atom stereocenters. The molecule has 5 nitrogen and oxygen atoms in total. The Morgan fingerprint density at radius 3 is 2.75 bits per heavy atom. The van der Waals surface area contributed by atoms with E-state index in [1.807, 2.05) is 19.9 Å². The van der Waals surface area contributed by atoms with Crippen molar-refractivity contribution in [2.45, 2.75) is 50.3 Å². The largest absolute Gasteiger partial charge is 0.376 e. The Balaban J connectivity index is 2.36. The fourth-order valence-electron chi connectivity index (χ4n) is 2.50. The Morgan fingerprint density at radius 2 is 2.20 bits per heavy atom. The average molecular weight is 298 g/mol. The lowest BCUT2D eigenvalue weighted by Crippen LogP contribution is -2.50. The predicted molar refractivity (Wildman–Crippen MR) is 77.8 cm³/mol. The summed E-state index contributed by atoms with van der Waals surface area (Å²) < 4.78 is 33.5. The van der Waals surface area contributed by atoms with Gasteiger partial charge in [-0.3, -0.25) is 0 Å². The highest BCUT2D eigenvalue weighted by Crippen LogP contribution is 2.28. The lowest BCUT2D eigenvalue weighted by atomic mass is 9.97. The molecule has 3 N–H and O–H groups in total. The summed E-state index contributed by atoms with van der Waals surface area (Å²) in [5.41, 5.74) is 6.62. The third-order valence-electron chi connectivity index (χ3n) is 4.16. The van der Waals surface area contributed by atoms with Crippen LogP contribution >= 0.6 is 0 Å². The normalized spacial score (nSPS) is 26.9. The van der Waals surface area contributed by atoms with Gasteiger partial charge in [-0.2, -0.15) is 0 Å². The zero-order valence-electron chi connectivity index (χ0n) is 12.1. The van der Waals surface area contributed by atoms with Crippen molar-refractivity contribution in [3.8, 4) is 0 Å². The van der Waals surface area contributed by atoms with E-state index in [4.69, 9.17) is 10.5 Å². The SMILES string of the molecule is Cc1c(CN)cccc1S(=O)(=O)NC1(C)CCOC1C. The maximum absolute atomic E-state index is 12.6. The molecule has 1 aliphatic heterocycles. The molecule has 0 bridgehead atoms. The van der Waals surface area contributed by atoms with E-state index in [1.165, 1.54) is 0 Å². The van der Waals surface area contributed by atoms with E-state index in [-0.39, 0.29) is 6.10 Å². The molecule has 2 unspecified atom stereocenters. The predicted octanol–water partition coefficient (Wildman–Crippen LogP) is 1.30. The highest BCUT2D eigenvalue weighted by atomic mass is 32.2. The smallest absolute Gasteiger partial charge is 0.241 e. The second-order valence-corrected chi connectivity index (χ2v) is 7.18. The Bertz CT molecular complexity index is 600. The van der Waals surface area contributed by atoms with Crippen molar-refractivity contribution in [2.24, 2.45) is 5.73 Å². The van der Waals surface area contributed by atoms with E-state index >= 15 is 0 Å². The number of hydrogen-bond acceptors (Lipinski definition) is 4. The Hall–Kier alpha value is -0.950. The fraction of sp³-hybridized carbons (Fsp3) is 0.571. The van der Waals surface area contributed by atoms with Crippen molar-refractivity contribution in [1.82, 2.24) is 4.72 Å². The summed E-state index contributed by atoms with van der Waals surface area (Å²) in [4.78, 5) is 0.292. The highest BCUT2D eigenvalue weighted by Gasteiger charge is 2.40. The molecule has 1 aromatic carbocycles. The summed E-state index contributed by atoms with van der Waals surface area (Å²) in [7, 11) is -3.58. The van der Waals surface area contributed by atoms with Gasteiger partial charge in [0.25, 0.3) is 0 Å². The molecule has 0 saturated carbocycles. The van der Waals surface area contributed by atoms with Crippen LogP contribution in [0.15, 0.2) is 23.1 Å². The molecule has 0 radical (unpaired) electrons. The number of ether oxygens (including phenoxy) is 1. The molecular weight excluding hydrogens is 276 g/mol. The second-order valence-electron chi connectivity index (χ2n) is 5.53. The first kappa shape index (κ1) is 15.4. The number of hydrogen-bond donors (Lipinski definition) is 2.